The first kappa shape index (κ1) is 24.1. The largest absolute Gasteiger partial charge is 0.397 e. The number of aromatic nitrogens is 1. The van der Waals surface area contributed by atoms with E-state index in [1.165, 1.54) is 6.07 Å². The zero-order valence-corrected chi connectivity index (χ0v) is 18.6. The van der Waals surface area contributed by atoms with Crippen LogP contribution >= 0.6 is 0 Å². The summed E-state index contributed by atoms with van der Waals surface area (Å²) in [5, 5.41) is 0. The number of amides is 1. The summed E-state index contributed by atoms with van der Waals surface area (Å²) in [4.78, 5) is 17.9. The number of anilines is 1. The van der Waals surface area contributed by atoms with Gasteiger partial charge in [-0.1, -0.05) is 61.9 Å². The van der Waals surface area contributed by atoms with Crippen molar-refractivity contribution >= 4 is 11.6 Å². The zero-order chi connectivity index (χ0) is 22.6. The Hall–Kier alpha value is -3.21. The van der Waals surface area contributed by atoms with Gasteiger partial charge in [-0.05, 0) is 43.0 Å². The Bertz CT molecular complexity index is 954. The van der Waals surface area contributed by atoms with Gasteiger partial charge in [0.25, 0.3) is 5.91 Å². The van der Waals surface area contributed by atoms with E-state index in [9.17, 15) is 9.18 Å². The Balaban J connectivity index is 0.000000220. The van der Waals surface area contributed by atoms with Gasteiger partial charge in [0.05, 0.1) is 11.3 Å². The molecule has 4 nitrogen and oxygen atoms in total. The van der Waals surface area contributed by atoms with Crippen LogP contribution < -0.4 is 5.73 Å². The number of nitrogens with zero attached hydrogens (tertiary/aromatic N) is 2. The Morgan fingerprint density at radius 2 is 1.68 bits per heavy atom. The maximum absolute atomic E-state index is 13.5. The molecule has 0 atom stereocenters. The molecule has 3 aromatic rings. The first-order chi connectivity index (χ1) is 14.9. The van der Waals surface area contributed by atoms with E-state index in [0.29, 0.717) is 17.7 Å². The molecule has 0 aliphatic rings. The van der Waals surface area contributed by atoms with Crippen LogP contribution in [0.1, 0.15) is 53.7 Å². The standard InChI is InChI=1S/C14H13F.C12H19N3O/c1-11-7-8-14(15)13(9-11)10-12-5-3-2-4-6-12;1-3-5-15(6-4-2)12(16)10-7-11(13)9-14-8-10/h2-9H,10H2,1H3;7-9H,3-6,13H2,1-2H3. The molecule has 0 saturated heterocycles. The number of benzene rings is 2. The molecule has 0 aliphatic carbocycles. The van der Waals surface area contributed by atoms with Crippen molar-refractivity contribution in [1.82, 2.24) is 9.88 Å². The Kier molecular flexibility index (Phi) is 9.69. The molecule has 1 amide bonds. The molecule has 3 rings (SSSR count). The van der Waals surface area contributed by atoms with Crippen LogP contribution in [-0.4, -0.2) is 28.9 Å². The number of hydrogen-bond donors (Lipinski definition) is 1. The summed E-state index contributed by atoms with van der Waals surface area (Å²) in [6.07, 6.45) is 5.69. The summed E-state index contributed by atoms with van der Waals surface area (Å²) in [6.45, 7) is 7.66. The van der Waals surface area contributed by atoms with Gasteiger partial charge in [0.1, 0.15) is 5.82 Å². The molecule has 0 aliphatic heterocycles. The second kappa shape index (κ2) is 12.5. The summed E-state index contributed by atoms with van der Waals surface area (Å²) < 4.78 is 13.5. The number of rotatable bonds is 7. The van der Waals surface area contributed by atoms with Crippen LogP contribution in [0.2, 0.25) is 0 Å². The number of halogens is 1. The molecule has 1 heterocycles. The molecular weight excluding hydrogens is 389 g/mol. The highest BCUT2D eigenvalue weighted by atomic mass is 19.1. The van der Waals surface area contributed by atoms with Crippen molar-refractivity contribution in [2.24, 2.45) is 0 Å². The van der Waals surface area contributed by atoms with Crippen molar-refractivity contribution in [2.45, 2.75) is 40.0 Å². The molecule has 2 aromatic carbocycles. The average molecular weight is 422 g/mol. The minimum atomic E-state index is -0.121. The fourth-order valence-electron chi connectivity index (χ4n) is 3.27. The quantitative estimate of drug-likeness (QED) is 0.536. The van der Waals surface area contributed by atoms with Crippen molar-refractivity contribution in [3.63, 3.8) is 0 Å². The predicted molar refractivity (Wildman–Crippen MR) is 126 cm³/mol. The molecule has 5 heteroatoms. The van der Waals surface area contributed by atoms with Gasteiger partial charge in [0, 0.05) is 31.9 Å². The fourth-order valence-corrected chi connectivity index (χ4v) is 3.27. The molecule has 0 unspecified atom stereocenters. The number of pyridine rings is 1. The number of hydrogen-bond acceptors (Lipinski definition) is 3. The van der Waals surface area contributed by atoms with E-state index in [4.69, 9.17) is 5.73 Å². The Morgan fingerprint density at radius 3 is 2.29 bits per heavy atom. The van der Waals surface area contributed by atoms with Crippen molar-refractivity contribution in [3.8, 4) is 0 Å². The van der Waals surface area contributed by atoms with Crippen LogP contribution in [-0.2, 0) is 6.42 Å². The van der Waals surface area contributed by atoms with Crippen LogP contribution in [0.3, 0.4) is 0 Å². The number of nitrogens with two attached hydrogens (primary N) is 1. The number of nitrogen functional groups attached to an aromatic ring is 1. The van der Waals surface area contributed by atoms with Gasteiger partial charge in [-0.2, -0.15) is 0 Å². The fraction of sp³-hybridized carbons (Fsp3) is 0.308. The Labute approximate surface area is 184 Å². The van der Waals surface area contributed by atoms with Crippen LogP contribution in [0.4, 0.5) is 10.1 Å². The highest BCUT2D eigenvalue weighted by Gasteiger charge is 2.14. The second-order valence-corrected chi connectivity index (χ2v) is 7.56. The third-order valence-electron chi connectivity index (χ3n) is 4.72. The molecule has 31 heavy (non-hydrogen) atoms. The van der Waals surface area contributed by atoms with Crippen molar-refractivity contribution in [2.75, 3.05) is 18.8 Å². The summed E-state index contributed by atoms with van der Waals surface area (Å²) in [5.74, 6) is -0.104. The van der Waals surface area contributed by atoms with Gasteiger partial charge >= 0.3 is 0 Å². The second-order valence-electron chi connectivity index (χ2n) is 7.56. The van der Waals surface area contributed by atoms with Gasteiger partial charge in [0.2, 0.25) is 0 Å². The maximum atomic E-state index is 13.5. The van der Waals surface area contributed by atoms with E-state index < -0.39 is 0 Å². The lowest BCUT2D eigenvalue weighted by Gasteiger charge is -2.21. The monoisotopic (exact) mass is 421 g/mol. The van der Waals surface area contributed by atoms with Crippen LogP contribution in [0.25, 0.3) is 0 Å². The molecule has 0 saturated carbocycles. The van der Waals surface area contributed by atoms with E-state index in [-0.39, 0.29) is 11.7 Å². The third-order valence-corrected chi connectivity index (χ3v) is 4.72. The molecule has 0 bridgehead atoms. The molecular formula is C26H32FN3O. The lowest BCUT2D eigenvalue weighted by Crippen LogP contribution is -2.32. The minimum Gasteiger partial charge on any atom is -0.397 e. The van der Waals surface area contributed by atoms with Crippen LogP contribution in [0.15, 0.2) is 67.0 Å². The van der Waals surface area contributed by atoms with Crippen LogP contribution in [0.5, 0.6) is 0 Å². The molecule has 0 radical (unpaired) electrons. The van der Waals surface area contributed by atoms with Gasteiger partial charge in [0.15, 0.2) is 0 Å². The lowest BCUT2D eigenvalue weighted by molar-refractivity contribution is 0.0755. The third kappa shape index (κ3) is 7.85. The van der Waals surface area contributed by atoms with E-state index in [2.05, 4.69) is 18.8 Å². The summed E-state index contributed by atoms with van der Waals surface area (Å²) in [5.41, 5.74) is 9.71. The average Bonchev–Trinajstić information content (AvgIpc) is 2.77. The summed E-state index contributed by atoms with van der Waals surface area (Å²) in [7, 11) is 0. The predicted octanol–water partition coefficient (Wildman–Crippen LogP) is 5.65. The SMILES string of the molecule is CCCN(CCC)C(=O)c1cncc(N)c1.Cc1ccc(F)c(Cc2ccccc2)c1. The van der Waals surface area contributed by atoms with E-state index in [0.717, 1.165) is 42.6 Å². The van der Waals surface area contributed by atoms with E-state index >= 15 is 0 Å². The topological polar surface area (TPSA) is 59.2 Å². The van der Waals surface area contributed by atoms with Gasteiger partial charge in [-0.15, -0.1) is 0 Å². The highest BCUT2D eigenvalue weighted by molar-refractivity contribution is 5.94. The number of carbonyl (C=O) groups excluding carboxylic acids is 1. The molecule has 0 spiro atoms. The number of aryl methyl sites for hydroxylation is 1. The molecule has 1 aromatic heterocycles. The summed E-state index contributed by atoms with van der Waals surface area (Å²) >= 11 is 0. The van der Waals surface area contributed by atoms with Crippen molar-refractivity contribution in [1.29, 1.82) is 0 Å². The highest BCUT2D eigenvalue weighted by Crippen LogP contribution is 2.15. The summed E-state index contributed by atoms with van der Waals surface area (Å²) in [6, 6.07) is 16.9. The molecule has 164 valence electrons. The zero-order valence-electron chi connectivity index (χ0n) is 18.6. The van der Waals surface area contributed by atoms with Crippen molar-refractivity contribution < 1.29 is 9.18 Å². The first-order valence-corrected chi connectivity index (χ1v) is 10.7. The smallest absolute Gasteiger partial charge is 0.255 e. The van der Waals surface area contributed by atoms with E-state index in [1.807, 2.05) is 48.2 Å². The van der Waals surface area contributed by atoms with Gasteiger partial charge in [-0.25, -0.2) is 4.39 Å². The normalized spacial score (nSPS) is 10.2. The van der Waals surface area contributed by atoms with Gasteiger partial charge < -0.3 is 10.6 Å². The maximum Gasteiger partial charge on any atom is 0.255 e. The Morgan fingerprint density at radius 1 is 1.00 bits per heavy atom. The van der Waals surface area contributed by atoms with Crippen molar-refractivity contribution in [3.05, 3.63) is 95.1 Å². The molecule has 2 N–H and O–H groups in total. The minimum absolute atomic E-state index is 0.0171. The number of carbonyl (C=O) groups is 1. The lowest BCUT2D eigenvalue weighted by atomic mass is 10.0. The van der Waals surface area contributed by atoms with Gasteiger partial charge in [-0.3, -0.25) is 9.78 Å². The molecule has 0 fully saturated rings. The van der Waals surface area contributed by atoms with E-state index in [1.54, 1.807) is 24.5 Å². The first-order valence-electron chi connectivity index (χ1n) is 10.7. The van der Waals surface area contributed by atoms with Crippen LogP contribution in [0, 0.1) is 12.7 Å².